The fraction of sp³-hybridized carbons (Fsp3) is 0.391. The average Bonchev–Trinajstić information content (AvgIpc) is 3.57. The molecule has 0 saturated carbocycles. The van der Waals surface area contributed by atoms with Gasteiger partial charge in [0.15, 0.2) is 11.9 Å². The quantitative estimate of drug-likeness (QED) is 0.589. The molecule has 4 heterocycles. The summed E-state index contributed by atoms with van der Waals surface area (Å²) in [5, 5.41) is 16.3. The molecule has 1 aromatic carbocycles. The maximum atomic E-state index is 13.5. The Bertz CT molecular complexity index is 1070. The molecule has 4 amide bonds. The number of hydrogen-bond donors (Lipinski definition) is 3. The first-order valence-electron chi connectivity index (χ1n) is 10.9. The zero-order valence-electron chi connectivity index (χ0n) is 17.7. The number of furan rings is 1. The number of likely N-dealkylation sites (tertiary alicyclic amines) is 1. The predicted molar refractivity (Wildman–Crippen MR) is 114 cm³/mol. The number of carbonyl (C=O) groups is 4. The Kier molecular flexibility index (Phi) is 5.37. The number of fused-ring (bicyclic) bond motifs is 2. The Morgan fingerprint density at radius 1 is 1.15 bits per heavy atom. The van der Waals surface area contributed by atoms with Crippen LogP contribution in [0.1, 0.15) is 35.1 Å². The SMILES string of the molecule is O=C(NC1CC2C(=O)NC3CCN(C(=O)C(O)c4ccccc4)C3C(=O)N2C1)c1ccco1. The van der Waals surface area contributed by atoms with Crippen LogP contribution >= 0.6 is 0 Å². The molecule has 3 aliphatic rings. The summed E-state index contributed by atoms with van der Waals surface area (Å²) in [6.45, 7) is 0.400. The lowest BCUT2D eigenvalue weighted by atomic mass is 10.1. The first kappa shape index (κ1) is 21.2. The van der Waals surface area contributed by atoms with Crippen LogP contribution in [0, 0.1) is 0 Å². The van der Waals surface area contributed by atoms with E-state index in [9.17, 15) is 24.3 Å². The van der Waals surface area contributed by atoms with Crippen molar-refractivity contribution in [2.75, 3.05) is 13.1 Å². The van der Waals surface area contributed by atoms with Gasteiger partial charge in [-0.25, -0.2) is 0 Å². The van der Waals surface area contributed by atoms with Gasteiger partial charge in [-0.05, 0) is 30.5 Å². The van der Waals surface area contributed by atoms with Crippen molar-refractivity contribution in [2.24, 2.45) is 0 Å². The first-order chi connectivity index (χ1) is 15.9. The molecule has 5 rings (SSSR count). The van der Waals surface area contributed by atoms with Gasteiger partial charge in [-0.15, -0.1) is 0 Å². The van der Waals surface area contributed by atoms with Gasteiger partial charge in [-0.1, -0.05) is 30.3 Å². The van der Waals surface area contributed by atoms with Crippen molar-refractivity contribution >= 4 is 23.6 Å². The summed E-state index contributed by atoms with van der Waals surface area (Å²) < 4.78 is 5.10. The van der Waals surface area contributed by atoms with E-state index in [1.165, 1.54) is 22.1 Å². The molecule has 3 aliphatic heterocycles. The Balaban J connectivity index is 1.34. The summed E-state index contributed by atoms with van der Waals surface area (Å²) in [6.07, 6.45) is 0.689. The summed E-state index contributed by atoms with van der Waals surface area (Å²) in [6, 6.07) is 9.08. The van der Waals surface area contributed by atoms with Crippen LogP contribution in [0.5, 0.6) is 0 Å². The minimum absolute atomic E-state index is 0.149. The molecule has 3 saturated heterocycles. The van der Waals surface area contributed by atoms with Gasteiger partial charge >= 0.3 is 0 Å². The van der Waals surface area contributed by atoms with Crippen molar-refractivity contribution in [3.63, 3.8) is 0 Å². The Morgan fingerprint density at radius 2 is 1.94 bits per heavy atom. The molecule has 3 N–H and O–H groups in total. The van der Waals surface area contributed by atoms with Crippen LogP contribution in [-0.2, 0) is 14.4 Å². The van der Waals surface area contributed by atoms with Gasteiger partial charge in [0.25, 0.3) is 11.8 Å². The number of hydrogen-bond acceptors (Lipinski definition) is 6. The molecule has 3 fully saturated rings. The second-order valence-electron chi connectivity index (χ2n) is 8.58. The second-order valence-corrected chi connectivity index (χ2v) is 8.58. The number of amides is 4. The van der Waals surface area contributed by atoms with Gasteiger partial charge in [-0.3, -0.25) is 19.2 Å². The highest BCUT2D eigenvalue weighted by atomic mass is 16.3. The normalized spacial score (nSPS) is 27.4. The van der Waals surface area contributed by atoms with Crippen LogP contribution in [-0.4, -0.2) is 75.8 Å². The molecule has 10 heteroatoms. The van der Waals surface area contributed by atoms with Crippen LogP contribution in [0.25, 0.3) is 0 Å². The van der Waals surface area contributed by atoms with E-state index in [0.29, 0.717) is 12.0 Å². The molecule has 1 aromatic heterocycles. The lowest BCUT2D eigenvalue weighted by Crippen LogP contribution is -2.53. The minimum atomic E-state index is -1.40. The van der Waals surface area contributed by atoms with E-state index in [2.05, 4.69) is 10.6 Å². The molecule has 10 nitrogen and oxygen atoms in total. The molecule has 0 aliphatic carbocycles. The third-order valence-corrected chi connectivity index (χ3v) is 6.58. The molecule has 0 radical (unpaired) electrons. The third-order valence-electron chi connectivity index (χ3n) is 6.58. The summed E-state index contributed by atoms with van der Waals surface area (Å²) >= 11 is 0. The van der Waals surface area contributed by atoms with Crippen molar-refractivity contribution in [1.29, 1.82) is 0 Å². The fourth-order valence-corrected chi connectivity index (χ4v) is 4.98. The number of aliphatic hydroxyl groups excluding tert-OH is 1. The van der Waals surface area contributed by atoms with Gasteiger partial charge in [-0.2, -0.15) is 0 Å². The van der Waals surface area contributed by atoms with Crippen molar-refractivity contribution in [1.82, 2.24) is 20.4 Å². The molecular weight excluding hydrogens is 428 g/mol. The standard InChI is InChI=1S/C23H24N4O6/c28-19(13-5-2-1-3-6-13)23(32)26-9-8-15-18(26)22(31)27-12-14(11-16(27)20(29)25-15)24-21(30)17-7-4-10-33-17/h1-7,10,14-16,18-19,28H,8-9,11-12H2,(H,24,30)(H,25,29). The van der Waals surface area contributed by atoms with Gasteiger partial charge in [0.05, 0.1) is 12.3 Å². The van der Waals surface area contributed by atoms with E-state index in [0.717, 1.165) is 0 Å². The summed E-state index contributed by atoms with van der Waals surface area (Å²) in [4.78, 5) is 54.6. The first-order valence-corrected chi connectivity index (χ1v) is 10.9. The highest BCUT2D eigenvalue weighted by molar-refractivity contribution is 5.97. The molecule has 33 heavy (non-hydrogen) atoms. The molecular formula is C23H24N4O6. The number of rotatable bonds is 4. The zero-order valence-corrected chi connectivity index (χ0v) is 17.7. The number of nitrogens with one attached hydrogen (secondary N) is 2. The smallest absolute Gasteiger partial charge is 0.287 e. The Hall–Kier alpha value is -3.66. The molecule has 5 atom stereocenters. The lowest BCUT2D eigenvalue weighted by Gasteiger charge is -2.30. The van der Waals surface area contributed by atoms with E-state index in [1.807, 2.05) is 0 Å². The summed E-state index contributed by atoms with van der Waals surface area (Å²) in [5.41, 5.74) is 0.441. The Labute approximate surface area is 189 Å². The molecule has 0 spiro atoms. The van der Waals surface area contributed by atoms with E-state index < -0.39 is 42.1 Å². The van der Waals surface area contributed by atoms with E-state index in [1.54, 1.807) is 36.4 Å². The summed E-state index contributed by atoms with van der Waals surface area (Å²) in [7, 11) is 0. The van der Waals surface area contributed by atoms with Crippen molar-refractivity contribution < 1.29 is 28.7 Å². The highest BCUT2D eigenvalue weighted by Crippen LogP contribution is 2.31. The number of benzene rings is 1. The van der Waals surface area contributed by atoms with Crippen LogP contribution in [0.4, 0.5) is 0 Å². The molecule has 2 aromatic rings. The van der Waals surface area contributed by atoms with Crippen LogP contribution in [0.15, 0.2) is 53.1 Å². The maximum absolute atomic E-state index is 13.5. The van der Waals surface area contributed by atoms with Crippen molar-refractivity contribution in [3.8, 4) is 0 Å². The van der Waals surface area contributed by atoms with E-state index >= 15 is 0 Å². The van der Waals surface area contributed by atoms with Gasteiger partial charge in [0.2, 0.25) is 11.8 Å². The Morgan fingerprint density at radius 3 is 2.67 bits per heavy atom. The van der Waals surface area contributed by atoms with Crippen molar-refractivity contribution in [3.05, 3.63) is 60.1 Å². The predicted octanol–water partition coefficient (Wildman–Crippen LogP) is -0.188. The lowest BCUT2D eigenvalue weighted by molar-refractivity contribution is -0.149. The number of nitrogens with zero attached hydrogens (tertiary/aromatic N) is 2. The van der Waals surface area contributed by atoms with Crippen LogP contribution < -0.4 is 10.6 Å². The van der Waals surface area contributed by atoms with Crippen molar-refractivity contribution in [2.45, 2.75) is 43.1 Å². The number of aliphatic hydroxyl groups is 1. The second kappa shape index (κ2) is 8.36. The van der Waals surface area contributed by atoms with Gasteiger partial charge in [0.1, 0.15) is 12.1 Å². The summed E-state index contributed by atoms with van der Waals surface area (Å²) in [5.74, 6) is -1.50. The maximum Gasteiger partial charge on any atom is 0.287 e. The minimum Gasteiger partial charge on any atom is -0.459 e. The van der Waals surface area contributed by atoms with Crippen LogP contribution in [0.3, 0.4) is 0 Å². The largest absolute Gasteiger partial charge is 0.459 e. The third kappa shape index (κ3) is 3.76. The molecule has 172 valence electrons. The topological polar surface area (TPSA) is 132 Å². The molecule has 5 unspecified atom stereocenters. The number of carbonyl (C=O) groups excluding carboxylic acids is 4. The fourth-order valence-electron chi connectivity index (χ4n) is 4.98. The highest BCUT2D eigenvalue weighted by Gasteiger charge is 2.53. The van der Waals surface area contributed by atoms with Crippen LogP contribution in [0.2, 0.25) is 0 Å². The van der Waals surface area contributed by atoms with Gasteiger partial charge < -0.3 is 30.0 Å². The molecule has 0 bridgehead atoms. The van der Waals surface area contributed by atoms with E-state index in [4.69, 9.17) is 4.42 Å². The van der Waals surface area contributed by atoms with E-state index in [-0.39, 0.29) is 37.1 Å². The monoisotopic (exact) mass is 452 g/mol. The van der Waals surface area contributed by atoms with Gasteiger partial charge in [0, 0.05) is 19.1 Å². The zero-order chi connectivity index (χ0) is 23.1. The average molecular weight is 452 g/mol.